The molecule has 126 valence electrons. The van der Waals surface area contributed by atoms with Gasteiger partial charge in [0.15, 0.2) is 0 Å². The summed E-state index contributed by atoms with van der Waals surface area (Å²) in [4.78, 5) is 15.1. The summed E-state index contributed by atoms with van der Waals surface area (Å²) in [5, 5.41) is 0. The molecule has 2 aliphatic carbocycles. The molecular weight excluding hydrogens is 290 g/mol. The number of benzene rings is 1. The quantitative estimate of drug-likeness (QED) is 0.801. The van der Waals surface area contributed by atoms with E-state index >= 15 is 0 Å². The SMILES string of the molecule is COc1ccc(OC)c(CN(C(=O)C2CCCCC2)C2CC2)c1. The lowest BCUT2D eigenvalue weighted by Gasteiger charge is -2.30. The maximum Gasteiger partial charge on any atom is 0.226 e. The summed E-state index contributed by atoms with van der Waals surface area (Å²) in [5.41, 5.74) is 1.03. The fourth-order valence-corrected chi connectivity index (χ4v) is 3.55. The maximum absolute atomic E-state index is 13.0. The first-order chi connectivity index (χ1) is 11.2. The maximum atomic E-state index is 13.0. The van der Waals surface area contributed by atoms with Crippen LogP contribution in [0.1, 0.15) is 50.5 Å². The average Bonchev–Trinajstić information content (AvgIpc) is 3.44. The molecule has 4 heteroatoms. The highest BCUT2D eigenvalue weighted by atomic mass is 16.5. The van der Waals surface area contributed by atoms with Crippen molar-refractivity contribution < 1.29 is 14.3 Å². The van der Waals surface area contributed by atoms with Crippen molar-refractivity contribution >= 4 is 5.91 Å². The van der Waals surface area contributed by atoms with Crippen LogP contribution in [0.2, 0.25) is 0 Å². The Hall–Kier alpha value is -1.71. The van der Waals surface area contributed by atoms with Crippen molar-refractivity contribution in [2.45, 2.75) is 57.5 Å². The molecule has 1 aromatic rings. The van der Waals surface area contributed by atoms with Crippen molar-refractivity contribution in [3.63, 3.8) is 0 Å². The number of carbonyl (C=O) groups is 1. The van der Waals surface area contributed by atoms with Crippen LogP contribution in [-0.2, 0) is 11.3 Å². The topological polar surface area (TPSA) is 38.8 Å². The van der Waals surface area contributed by atoms with Crippen LogP contribution in [0.5, 0.6) is 11.5 Å². The molecule has 0 heterocycles. The lowest BCUT2D eigenvalue weighted by atomic mass is 9.88. The summed E-state index contributed by atoms with van der Waals surface area (Å²) in [6.45, 7) is 0.625. The van der Waals surface area contributed by atoms with Gasteiger partial charge in [-0.05, 0) is 43.9 Å². The summed E-state index contributed by atoms with van der Waals surface area (Å²) >= 11 is 0. The Morgan fingerprint density at radius 2 is 1.83 bits per heavy atom. The average molecular weight is 317 g/mol. The fraction of sp³-hybridized carbons (Fsp3) is 0.632. The molecule has 0 N–H and O–H groups in total. The van der Waals surface area contributed by atoms with Gasteiger partial charge in [-0.15, -0.1) is 0 Å². The molecule has 0 spiro atoms. The Morgan fingerprint density at radius 1 is 1.09 bits per heavy atom. The van der Waals surface area contributed by atoms with Gasteiger partial charge in [0.25, 0.3) is 0 Å². The summed E-state index contributed by atoms with van der Waals surface area (Å²) in [6.07, 6.45) is 8.02. The predicted molar refractivity (Wildman–Crippen MR) is 89.7 cm³/mol. The normalized spacial score (nSPS) is 18.5. The van der Waals surface area contributed by atoms with Gasteiger partial charge >= 0.3 is 0 Å². The van der Waals surface area contributed by atoms with E-state index in [1.54, 1.807) is 14.2 Å². The molecule has 1 amide bonds. The largest absolute Gasteiger partial charge is 0.497 e. The molecule has 0 radical (unpaired) electrons. The van der Waals surface area contributed by atoms with Gasteiger partial charge in [0.2, 0.25) is 5.91 Å². The van der Waals surface area contributed by atoms with Crippen LogP contribution in [0.3, 0.4) is 0 Å². The van der Waals surface area contributed by atoms with Crippen LogP contribution in [0.25, 0.3) is 0 Å². The zero-order valence-corrected chi connectivity index (χ0v) is 14.2. The van der Waals surface area contributed by atoms with Gasteiger partial charge in [0.05, 0.1) is 14.2 Å². The molecule has 0 bridgehead atoms. The highest BCUT2D eigenvalue weighted by molar-refractivity contribution is 5.79. The lowest BCUT2D eigenvalue weighted by Crippen LogP contribution is -2.38. The lowest BCUT2D eigenvalue weighted by molar-refractivity contribution is -0.137. The van der Waals surface area contributed by atoms with E-state index in [2.05, 4.69) is 4.90 Å². The van der Waals surface area contributed by atoms with Crippen molar-refractivity contribution in [3.8, 4) is 11.5 Å². The van der Waals surface area contributed by atoms with E-state index in [1.165, 1.54) is 19.3 Å². The van der Waals surface area contributed by atoms with Gasteiger partial charge in [-0.3, -0.25) is 4.79 Å². The van der Waals surface area contributed by atoms with Gasteiger partial charge in [0, 0.05) is 24.1 Å². The standard InChI is InChI=1S/C19H27NO3/c1-22-17-10-11-18(23-2)15(12-17)13-20(16-8-9-16)19(21)14-6-4-3-5-7-14/h10-12,14,16H,3-9,13H2,1-2H3. The van der Waals surface area contributed by atoms with Crippen LogP contribution in [-0.4, -0.2) is 31.1 Å². The highest BCUT2D eigenvalue weighted by Gasteiger charge is 2.36. The molecule has 2 aliphatic rings. The second kappa shape index (κ2) is 7.24. The number of rotatable bonds is 6. The molecular formula is C19H27NO3. The van der Waals surface area contributed by atoms with E-state index < -0.39 is 0 Å². The molecule has 4 nitrogen and oxygen atoms in total. The number of hydrogen-bond acceptors (Lipinski definition) is 3. The van der Waals surface area contributed by atoms with Crippen LogP contribution in [0, 0.1) is 5.92 Å². The van der Waals surface area contributed by atoms with Crippen molar-refractivity contribution in [2.75, 3.05) is 14.2 Å². The van der Waals surface area contributed by atoms with Gasteiger partial charge in [-0.1, -0.05) is 19.3 Å². The molecule has 23 heavy (non-hydrogen) atoms. The summed E-state index contributed by atoms with van der Waals surface area (Å²) in [5.74, 6) is 2.20. The minimum Gasteiger partial charge on any atom is -0.497 e. The van der Waals surface area contributed by atoms with E-state index in [1.807, 2.05) is 18.2 Å². The Morgan fingerprint density at radius 3 is 2.43 bits per heavy atom. The van der Waals surface area contributed by atoms with E-state index in [0.717, 1.165) is 42.7 Å². The third-order valence-electron chi connectivity index (χ3n) is 5.05. The minimum atomic E-state index is 0.223. The van der Waals surface area contributed by atoms with Crippen molar-refractivity contribution in [1.82, 2.24) is 4.90 Å². The minimum absolute atomic E-state index is 0.223. The third kappa shape index (κ3) is 3.80. The zero-order chi connectivity index (χ0) is 16.2. The van der Waals surface area contributed by atoms with Crippen LogP contribution in [0.4, 0.5) is 0 Å². The Labute approximate surface area is 138 Å². The molecule has 0 aliphatic heterocycles. The van der Waals surface area contributed by atoms with E-state index in [4.69, 9.17) is 9.47 Å². The number of methoxy groups -OCH3 is 2. The van der Waals surface area contributed by atoms with E-state index in [9.17, 15) is 4.79 Å². The highest BCUT2D eigenvalue weighted by Crippen LogP contribution is 2.35. The van der Waals surface area contributed by atoms with Gasteiger partial charge < -0.3 is 14.4 Å². The molecule has 0 saturated heterocycles. The van der Waals surface area contributed by atoms with Crippen LogP contribution < -0.4 is 9.47 Å². The Kier molecular flexibility index (Phi) is 5.09. The first-order valence-electron chi connectivity index (χ1n) is 8.74. The second-order valence-electron chi connectivity index (χ2n) is 6.71. The van der Waals surface area contributed by atoms with E-state index in [-0.39, 0.29) is 5.92 Å². The number of ether oxygens (including phenoxy) is 2. The first-order valence-corrected chi connectivity index (χ1v) is 8.74. The molecule has 3 rings (SSSR count). The predicted octanol–water partition coefficient (Wildman–Crippen LogP) is 3.78. The molecule has 2 saturated carbocycles. The Balaban J connectivity index is 1.78. The van der Waals surface area contributed by atoms with Crippen LogP contribution in [0.15, 0.2) is 18.2 Å². The first kappa shape index (κ1) is 16.2. The molecule has 0 aromatic heterocycles. The monoisotopic (exact) mass is 317 g/mol. The fourth-order valence-electron chi connectivity index (χ4n) is 3.55. The van der Waals surface area contributed by atoms with Crippen LogP contribution >= 0.6 is 0 Å². The molecule has 0 atom stereocenters. The van der Waals surface area contributed by atoms with Gasteiger partial charge in [0.1, 0.15) is 11.5 Å². The van der Waals surface area contributed by atoms with E-state index in [0.29, 0.717) is 18.5 Å². The number of hydrogen-bond donors (Lipinski definition) is 0. The number of carbonyl (C=O) groups excluding carboxylic acids is 1. The number of amides is 1. The summed E-state index contributed by atoms with van der Waals surface area (Å²) in [6, 6.07) is 6.22. The molecule has 1 aromatic carbocycles. The van der Waals surface area contributed by atoms with Gasteiger partial charge in [-0.2, -0.15) is 0 Å². The summed E-state index contributed by atoms with van der Waals surface area (Å²) < 4.78 is 10.8. The Bertz CT molecular complexity index is 548. The molecule has 0 unspecified atom stereocenters. The van der Waals surface area contributed by atoms with Crippen molar-refractivity contribution in [1.29, 1.82) is 0 Å². The third-order valence-corrected chi connectivity index (χ3v) is 5.05. The van der Waals surface area contributed by atoms with Crippen molar-refractivity contribution in [3.05, 3.63) is 23.8 Å². The number of nitrogens with zero attached hydrogens (tertiary/aromatic N) is 1. The van der Waals surface area contributed by atoms with Crippen molar-refractivity contribution in [2.24, 2.45) is 5.92 Å². The second-order valence-corrected chi connectivity index (χ2v) is 6.71. The summed E-state index contributed by atoms with van der Waals surface area (Å²) in [7, 11) is 3.34. The smallest absolute Gasteiger partial charge is 0.226 e. The zero-order valence-electron chi connectivity index (χ0n) is 14.2. The van der Waals surface area contributed by atoms with Gasteiger partial charge in [-0.25, -0.2) is 0 Å². The molecule has 2 fully saturated rings.